The van der Waals surface area contributed by atoms with Crippen molar-refractivity contribution in [2.45, 2.75) is 39.8 Å². The zero-order valence-electron chi connectivity index (χ0n) is 9.86. The molecule has 80 valence electrons. The molecule has 0 heterocycles. The maximum Gasteiger partial charge on any atom is 0.410 e. The second-order valence-electron chi connectivity index (χ2n) is 3.88. The zero-order chi connectivity index (χ0) is 11.1. The lowest BCUT2D eigenvalue weighted by molar-refractivity contribution is 0.233. The summed E-state index contributed by atoms with van der Waals surface area (Å²) in [7, 11) is -0.0204. The molecule has 0 N–H and O–H groups in total. The lowest BCUT2D eigenvalue weighted by Gasteiger charge is -2.33. The first-order valence-corrected chi connectivity index (χ1v) is 5.17. The maximum atomic E-state index is 5.62. The first kappa shape index (κ1) is 13.5. The Morgan fingerprint density at radius 2 is 1.71 bits per heavy atom. The van der Waals surface area contributed by atoms with Crippen LogP contribution in [-0.2, 0) is 4.65 Å². The van der Waals surface area contributed by atoms with Gasteiger partial charge in [0.05, 0.1) is 0 Å². The quantitative estimate of drug-likeness (QED) is 0.457. The molecule has 0 fully saturated rings. The van der Waals surface area contributed by atoms with Crippen molar-refractivity contribution in [3.63, 3.8) is 0 Å². The van der Waals surface area contributed by atoms with Crippen LogP contribution in [0.3, 0.4) is 0 Å². The molecule has 0 radical (unpaired) electrons. The van der Waals surface area contributed by atoms with Gasteiger partial charge >= 0.3 is 7.05 Å². The molecular formula is C11H22BNO. The molecule has 0 aromatic carbocycles. The third-order valence-electron chi connectivity index (χ3n) is 2.07. The molecule has 0 spiro atoms. The van der Waals surface area contributed by atoms with E-state index in [1.54, 1.807) is 6.08 Å². The van der Waals surface area contributed by atoms with Crippen LogP contribution in [0.5, 0.6) is 0 Å². The van der Waals surface area contributed by atoms with Gasteiger partial charge in [-0.2, -0.15) is 0 Å². The van der Waals surface area contributed by atoms with E-state index >= 15 is 0 Å². The second kappa shape index (κ2) is 6.85. The summed E-state index contributed by atoms with van der Waals surface area (Å²) >= 11 is 0. The van der Waals surface area contributed by atoms with E-state index in [2.05, 4.69) is 45.7 Å². The second-order valence-corrected chi connectivity index (χ2v) is 3.88. The summed E-state index contributed by atoms with van der Waals surface area (Å²) < 4.78 is 5.62. The lowest BCUT2D eigenvalue weighted by Crippen LogP contribution is -2.49. The average molecular weight is 195 g/mol. The summed E-state index contributed by atoms with van der Waals surface area (Å²) in [5, 5.41) is 0. The third kappa shape index (κ3) is 4.12. The Bertz CT molecular complexity index is 172. The Morgan fingerprint density at radius 3 is 2.00 bits per heavy atom. The van der Waals surface area contributed by atoms with Crippen LogP contribution in [0.2, 0.25) is 0 Å². The molecule has 0 aliphatic heterocycles. The Hall–Kier alpha value is -0.535. The molecule has 0 saturated heterocycles. The van der Waals surface area contributed by atoms with Gasteiger partial charge in [-0.15, -0.1) is 13.2 Å². The van der Waals surface area contributed by atoms with Crippen molar-refractivity contribution in [3.8, 4) is 0 Å². The van der Waals surface area contributed by atoms with Gasteiger partial charge in [0.2, 0.25) is 0 Å². The van der Waals surface area contributed by atoms with Crippen LogP contribution in [0, 0.1) is 0 Å². The van der Waals surface area contributed by atoms with Crippen LogP contribution < -0.4 is 0 Å². The molecule has 2 nitrogen and oxygen atoms in total. The molecule has 0 aromatic heterocycles. The monoisotopic (exact) mass is 195 g/mol. The molecule has 0 aliphatic carbocycles. The predicted octanol–water partition coefficient (Wildman–Crippen LogP) is 2.52. The van der Waals surface area contributed by atoms with E-state index in [0.29, 0.717) is 18.7 Å². The molecule has 0 rings (SSSR count). The molecule has 0 aliphatic rings. The molecule has 0 bridgehead atoms. The van der Waals surface area contributed by atoms with Gasteiger partial charge < -0.3 is 9.47 Å². The van der Waals surface area contributed by atoms with Crippen molar-refractivity contribution in [1.29, 1.82) is 0 Å². The number of hydrogen-bond donors (Lipinski definition) is 0. The van der Waals surface area contributed by atoms with Crippen LogP contribution in [-0.4, -0.2) is 30.6 Å². The molecule has 0 aromatic rings. The minimum absolute atomic E-state index is 0.0204. The highest BCUT2D eigenvalue weighted by Gasteiger charge is 2.26. The summed E-state index contributed by atoms with van der Waals surface area (Å²) in [6.45, 7) is 16.6. The van der Waals surface area contributed by atoms with E-state index in [0.717, 1.165) is 0 Å². The van der Waals surface area contributed by atoms with Crippen molar-refractivity contribution >= 4 is 7.05 Å². The lowest BCUT2D eigenvalue weighted by atomic mass is 9.77. The minimum atomic E-state index is -0.0204. The fraction of sp³-hybridized carbons (Fsp3) is 0.636. The van der Waals surface area contributed by atoms with Crippen LogP contribution in [0.4, 0.5) is 0 Å². The average Bonchev–Trinajstić information content (AvgIpc) is 2.10. The van der Waals surface area contributed by atoms with Crippen LogP contribution in [0.25, 0.3) is 0 Å². The summed E-state index contributed by atoms with van der Waals surface area (Å²) in [5.41, 5.74) is 0. The number of rotatable bonds is 7. The molecule has 0 unspecified atom stereocenters. The largest absolute Gasteiger partial charge is 0.414 e. The fourth-order valence-electron chi connectivity index (χ4n) is 1.63. The van der Waals surface area contributed by atoms with E-state index in [9.17, 15) is 0 Å². The van der Waals surface area contributed by atoms with Crippen LogP contribution in [0.1, 0.15) is 27.7 Å². The number of nitrogens with zero attached hydrogens (tertiary/aromatic N) is 1. The Kier molecular flexibility index (Phi) is 6.59. The van der Waals surface area contributed by atoms with Crippen molar-refractivity contribution in [2.24, 2.45) is 0 Å². The first-order chi connectivity index (χ1) is 6.54. The van der Waals surface area contributed by atoms with E-state index in [-0.39, 0.29) is 7.05 Å². The van der Waals surface area contributed by atoms with Crippen molar-refractivity contribution in [2.75, 3.05) is 6.61 Å². The molecule has 0 atom stereocenters. The van der Waals surface area contributed by atoms with Crippen LogP contribution >= 0.6 is 0 Å². The molecule has 3 heteroatoms. The normalized spacial score (nSPS) is 11.1. The molecular weight excluding hydrogens is 173 g/mol. The van der Waals surface area contributed by atoms with Gasteiger partial charge in [0.25, 0.3) is 0 Å². The van der Waals surface area contributed by atoms with Gasteiger partial charge in [0.1, 0.15) is 0 Å². The summed E-state index contributed by atoms with van der Waals surface area (Å²) in [6, 6.07) is 0.894. The molecule has 0 amide bonds. The fourth-order valence-corrected chi connectivity index (χ4v) is 1.63. The highest BCUT2D eigenvalue weighted by molar-refractivity contribution is 6.54. The summed E-state index contributed by atoms with van der Waals surface area (Å²) in [4.78, 5) is 2.27. The van der Waals surface area contributed by atoms with Gasteiger partial charge in [-0.1, -0.05) is 39.7 Å². The van der Waals surface area contributed by atoms with Gasteiger partial charge in [-0.25, -0.2) is 0 Å². The zero-order valence-corrected chi connectivity index (χ0v) is 9.86. The van der Waals surface area contributed by atoms with Crippen LogP contribution in [0.15, 0.2) is 25.2 Å². The van der Waals surface area contributed by atoms with Gasteiger partial charge in [-0.05, 0) is 12.1 Å². The van der Waals surface area contributed by atoms with Gasteiger partial charge in [0, 0.05) is 6.61 Å². The minimum Gasteiger partial charge on any atom is -0.414 e. The smallest absolute Gasteiger partial charge is 0.410 e. The third-order valence-corrected chi connectivity index (χ3v) is 2.07. The molecule has 0 saturated carbocycles. The number of hydrogen-bond acceptors (Lipinski definition) is 2. The first-order valence-electron chi connectivity index (χ1n) is 5.17. The van der Waals surface area contributed by atoms with E-state index in [1.165, 1.54) is 0 Å². The standard InChI is InChI=1S/C11H22BNO/c1-7-9-14-12(8-2)13(10(3)4)11(5)6/h7-8,10-11H,1-2,9H2,3-6H3. The van der Waals surface area contributed by atoms with Gasteiger partial charge in [0.15, 0.2) is 0 Å². The van der Waals surface area contributed by atoms with Crippen molar-refractivity contribution < 1.29 is 4.65 Å². The van der Waals surface area contributed by atoms with E-state index in [1.807, 2.05) is 5.98 Å². The Labute approximate surface area is 88.8 Å². The van der Waals surface area contributed by atoms with Crippen molar-refractivity contribution in [3.05, 3.63) is 25.2 Å². The predicted molar refractivity (Wildman–Crippen MR) is 64.2 cm³/mol. The van der Waals surface area contributed by atoms with E-state index in [4.69, 9.17) is 4.65 Å². The Morgan fingerprint density at radius 1 is 1.21 bits per heavy atom. The highest BCUT2D eigenvalue weighted by atomic mass is 16.4. The van der Waals surface area contributed by atoms with Crippen molar-refractivity contribution in [1.82, 2.24) is 4.81 Å². The molecule has 14 heavy (non-hydrogen) atoms. The maximum absolute atomic E-state index is 5.62. The summed E-state index contributed by atoms with van der Waals surface area (Å²) in [5.74, 6) is 1.84. The highest BCUT2D eigenvalue weighted by Crippen LogP contribution is 2.09. The SMILES string of the molecule is C=CCOB(C=C)N(C(C)C)C(C)C. The topological polar surface area (TPSA) is 12.5 Å². The summed E-state index contributed by atoms with van der Waals surface area (Å²) in [6.07, 6.45) is 1.76. The van der Waals surface area contributed by atoms with Gasteiger partial charge in [-0.3, -0.25) is 0 Å². The van der Waals surface area contributed by atoms with E-state index < -0.39 is 0 Å². The Balaban J connectivity index is 4.41.